The number of halogens is 1. The predicted molar refractivity (Wildman–Crippen MR) is 135 cm³/mol. The normalized spacial score (nSPS) is 17.1. The van der Waals surface area contributed by atoms with E-state index in [4.69, 9.17) is 14.2 Å². The number of amides is 1. The number of rotatable bonds is 8. The fraction of sp³-hybridized carbons (Fsp3) is 0.345. The summed E-state index contributed by atoms with van der Waals surface area (Å²) in [5.41, 5.74) is 3.83. The van der Waals surface area contributed by atoms with Gasteiger partial charge in [0, 0.05) is 25.2 Å². The highest BCUT2D eigenvalue weighted by Crippen LogP contribution is 2.37. The smallest absolute Gasteiger partial charge is 0.258 e. The Labute approximate surface area is 211 Å². The average molecular weight is 491 g/mol. The minimum Gasteiger partial charge on any atom is -0.483 e. The van der Waals surface area contributed by atoms with Gasteiger partial charge in [-0.15, -0.1) is 0 Å². The van der Waals surface area contributed by atoms with Crippen LogP contribution >= 0.6 is 0 Å². The zero-order chi connectivity index (χ0) is 24.9. The van der Waals surface area contributed by atoms with E-state index in [2.05, 4.69) is 23.2 Å². The van der Waals surface area contributed by atoms with Crippen molar-refractivity contribution >= 4 is 5.91 Å². The molecule has 5 rings (SSSR count). The molecule has 0 unspecified atom stereocenters. The van der Waals surface area contributed by atoms with Gasteiger partial charge in [0.25, 0.3) is 5.91 Å². The van der Waals surface area contributed by atoms with Gasteiger partial charge in [0.05, 0.1) is 0 Å². The topological polar surface area (TPSA) is 60.0 Å². The maximum Gasteiger partial charge on any atom is 0.258 e. The van der Waals surface area contributed by atoms with Crippen LogP contribution in [0.2, 0.25) is 0 Å². The van der Waals surface area contributed by atoms with E-state index in [1.165, 1.54) is 25.0 Å². The van der Waals surface area contributed by atoms with Gasteiger partial charge in [-0.3, -0.25) is 9.69 Å². The summed E-state index contributed by atoms with van der Waals surface area (Å²) in [4.78, 5) is 14.9. The van der Waals surface area contributed by atoms with Crippen LogP contribution in [0.5, 0.6) is 17.2 Å². The molecular weight excluding hydrogens is 459 g/mol. The molecule has 0 aliphatic carbocycles. The number of ether oxygens (including phenoxy) is 3. The van der Waals surface area contributed by atoms with Crippen molar-refractivity contribution in [2.24, 2.45) is 5.92 Å². The summed E-state index contributed by atoms with van der Waals surface area (Å²) in [6.07, 6.45) is 2.43. The molecule has 7 heteroatoms. The summed E-state index contributed by atoms with van der Waals surface area (Å²) < 4.78 is 30.4. The third-order valence-electron chi connectivity index (χ3n) is 6.64. The number of nitrogens with one attached hydrogen (secondary N) is 1. The maximum absolute atomic E-state index is 13.4. The van der Waals surface area contributed by atoms with E-state index in [1.807, 2.05) is 30.3 Å². The minimum absolute atomic E-state index is 0.109. The Morgan fingerprint density at radius 2 is 1.92 bits per heavy atom. The van der Waals surface area contributed by atoms with Gasteiger partial charge >= 0.3 is 0 Å². The number of likely N-dealkylation sites (tertiary alicyclic amines) is 1. The molecule has 3 aromatic rings. The molecule has 1 amide bonds. The van der Waals surface area contributed by atoms with E-state index >= 15 is 0 Å². The number of fused-ring (bicyclic) bond motifs is 1. The van der Waals surface area contributed by atoms with Crippen molar-refractivity contribution in [3.63, 3.8) is 0 Å². The lowest BCUT2D eigenvalue weighted by molar-refractivity contribution is -0.123. The van der Waals surface area contributed by atoms with Crippen LogP contribution in [0.25, 0.3) is 11.1 Å². The third-order valence-corrected chi connectivity index (χ3v) is 6.64. The molecule has 36 heavy (non-hydrogen) atoms. The fourth-order valence-electron chi connectivity index (χ4n) is 4.81. The van der Waals surface area contributed by atoms with E-state index in [1.54, 1.807) is 12.1 Å². The van der Waals surface area contributed by atoms with Crippen molar-refractivity contribution in [2.45, 2.75) is 32.9 Å². The minimum atomic E-state index is -0.322. The second kappa shape index (κ2) is 11.0. The van der Waals surface area contributed by atoms with Crippen molar-refractivity contribution in [3.05, 3.63) is 77.6 Å². The van der Waals surface area contributed by atoms with Crippen LogP contribution in [0.3, 0.4) is 0 Å². The molecule has 0 aromatic heterocycles. The third kappa shape index (κ3) is 5.97. The largest absolute Gasteiger partial charge is 0.483 e. The van der Waals surface area contributed by atoms with Crippen molar-refractivity contribution < 1.29 is 23.4 Å². The van der Waals surface area contributed by atoms with Crippen molar-refractivity contribution in [1.82, 2.24) is 10.2 Å². The Balaban J connectivity index is 1.30. The monoisotopic (exact) mass is 490 g/mol. The number of hydrogen-bond acceptors (Lipinski definition) is 5. The zero-order valence-corrected chi connectivity index (χ0v) is 20.5. The Kier molecular flexibility index (Phi) is 7.37. The van der Waals surface area contributed by atoms with E-state index < -0.39 is 0 Å². The Morgan fingerprint density at radius 1 is 1.08 bits per heavy atom. The second-order valence-corrected chi connectivity index (χ2v) is 9.57. The molecule has 0 bridgehead atoms. The van der Waals surface area contributed by atoms with Crippen LogP contribution in [0, 0.1) is 11.7 Å². The van der Waals surface area contributed by atoms with Crippen LogP contribution in [-0.4, -0.2) is 37.3 Å². The standard InChI is InChI=1S/C29H31FN2O4/c1-20-4-3-11-32(16-20)17-24-13-22(23-8-10-27-28(14-23)36-19-35-27)7-9-26(24)34-18-29(33)31-15-21-5-2-6-25(30)12-21/h2,5-10,12-14,20H,3-4,11,15-19H2,1H3,(H,31,33)/t20-/m0/s1. The van der Waals surface area contributed by atoms with Crippen LogP contribution in [0.1, 0.15) is 30.9 Å². The van der Waals surface area contributed by atoms with Gasteiger partial charge in [-0.2, -0.15) is 0 Å². The van der Waals surface area contributed by atoms with Crippen LogP contribution in [0.15, 0.2) is 60.7 Å². The van der Waals surface area contributed by atoms with Gasteiger partial charge in [0.2, 0.25) is 6.79 Å². The highest BCUT2D eigenvalue weighted by Gasteiger charge is 2.20. The molecule has 1 fully saturated rings. The molecule has 6 nitrogen and oxygen atoms in total. The number of carbonyl (C=O) groups excluding carboxylic acids is 1. The van der Waals surface area contributed by atoms with Gasteiger partial charge in [-0.05, 0) is 78.4 Å². The molecule has 1 atom stereocenters. The maximum atomic E-state index is 13.4. The van der Waals surface area contributed by atoms with E-state index in [9.17, 15) is 9.18 Å². The molecule has 188 valence electrons. The molecule has 3 aromatic carbocycles. The lowest BCUT2D eigenvalue weighted by atomic mass is 9.98. The van der Waals surface area contributed by atoms with Crippen LogP contribution in [0.4, 0.5) is 4.39 Å². The lowest BCUT2D eigenvalue weighted by Gasteiger charge is -2.31. The van der Waals surface area contributed by atoms with Gasteiger partial charge in [0.1, 0.15) is 11.6 Å². The average Bonchev–Trinajstić information content (AvgIpc) is 3.35. The number of carbonyl (C=O) groups is 1. The first-order chi connectivity index (χ1) is 17.5. The van der Waals surface area contributed by atoms with Crippen LogP contribution in [-0.2, 0) is 17.9 Å². The molecule has 2 aliphatic heterocycles. The summed E-state index contributed by atoms with van der Waals surface area (Å²) in [6.45, 7) is 5.52. The summed E-state index contributed by atoms with van der Waals surface area (Å²) in [5, 5.41) is 2.80. The summed E-state index contributed by atoms with van der Waals surface area (Å²) in [7, 11) is 0. The first-order valence-electron chi connectivity index (χ1n) is 12.4. The van der Waals surface area contributed by atoms with E-state index in [0.717, 1.165) is 47.8 Å². The molecule has 1 N–H and O–H groups in total. The van der Waals surface area contributed by atoms with Gasteiger partial charge < -0.3 is 19.5 Å². The Morgan fingerprint density at radius 3 is 2.78 bits per heavy atom. The molecule has 1 saturated heterocycles. The molecule has 0 saturated carbocycles. The molecule has 0 spiro atoms. The predicted octanol–water partition coefficient (Wildman–Crippen LogP) is 5.15. The van der Waals surface area contributed by atoms with Gasteiger partial charge in [-0.1, -0.05) is 31.2 Å². The Bertz CT molecular complexity index is 1230. The lowest BCUT2D eigenvalue weighted by Crippen LogP contribution is -2.34. The van der Waals surface area contributed by atoms with Crippen molar-refractivity contribution in [2.75, 3.05) is 26.5 Å². The summed E-state index contributed by atoms with van der Waals surface area (Å²) in [5.74, 6) is 2.28. The first kappa shape index (κ1) is 24.1. The number of hydrogen-bond donors (Lipinski definition) is 1. The summed E-state index contributed by atoms with van der Waals surface area (Å²) >= 11 is 0. The van der Waals surface area contributed by atoms with Gasteiger partial charge in [0.15, 0.2) is 18.1 Å². The van der Waals surface area contributed by atoms with Gasteiger partial charge in [-0.25, -0.2) is 4.39 Å². The number of piperidine rings is 1. The quantitative estimate of drug-likeness (QED) is 0.473. The second-order valence-electron chi connectivity index (χ2n) is 9.57. The highest BCUT2D eigenvalue weighted by atomic mass is 19.1. The first-order valence-corrected chi connectivity index (χ1v) is 12.4. The highest BCUT2D eigenvalue weighted by molar-refractivity contribution is 5.77. The zero-order valence-electron chi connectivity index (χ0n) is 20.5. The molecule has 2 aliphatic rings. The molecular formula is C29H31FN2O4. The van der Waals surface area contributed by atoms with E-state index in [0.29, 0.717) is 17.2 Å². The van der Waals surface area contributed by atoms with Crippen molar-refractivity contribution in [3.8, 4) is 28.4 Å². The molecule has 0 radical (unpaired) electrons. The number of benzene rings is 3. The fourth-order valence-corrected chi connectivity index (χ4v) is 4.81. The van der Waals surface area contributed by atoms with E-state index in [-0.39, 0.29) is 31.7 Å². The number of nitrogens with zero attached hydrogens (tertiary/aromatic N) is 1. The summed E-state index contributed by atoms with van der Waals surface area (Å²) in [6, 6.07) is 18.2. The van der Waals surface area contributed by atoms with Crippen LogP contribution < -0.4 is 19.5 Å². The Hall–Kier alpha value is -3.58. The molecule has 2 heterocycles. The van der Waals surface area contributed by atoms with Crippen molar-refractivity contribution in [1.29, 1.82) is 0 Å². The SMILES string of the molecule is C[C@H]1CCCN(Cc2cc(-c3ccc4c(c3)OCO4)ccc2OCC(=O)NCc2cccc(F)c2)C1.